The van der Waals surface area contributed by atoms with Crippen molar-refractivity contribution in [3.8, 4) is 5.88 Å². The van der Waals surface area contributed by atoms with Crippen LogP contribution < -0.4 is 26.4 Å². The molecule has 0 aliphatic heterocycles. The molecule has 0 bridgehead atoms. The molecule has 1 atom stereocenters. The number of amides is 3. The first-order valence-corrected chi connectivity index (χ1v) is 11.6. The number of halogens is 3. The van der Waals surface area contributed by atoms with Gasteiger partial charge in [0.2, 0.25) is 5.88 Å². The number of hydrogen-bond donors (Lipinski definition) is 4. The molecule has 2 rings (SSSR count). The molecule has 0 spiro atoms. The Morgan fingerprint density at radius 1 is 1.15 bits per heavy atom. The van der Waals surface area contributed by atoms with Crippen molar-refractivity contribution in [1.29, 1.82) is 0 Å². The number of nitrogens with two attached hydrogens (primary N) is 1. The van der Waals surface area contributed by atoms with Crippen molar-refractivity contribution in [2.45, 2.75) is 52.2 Å². The van der Waals surface area contributed by atoms with Crippen LogP contribution in [0.4, 0.5) is 18.6 Å². The lowest BCUT2D eigenvalue weighted by Gasteiger charge is -2.16. The predicted molar refractivity (Wildman–Crippen MR) is 125 cm³/mol. The number of anilines is 1. The van der Waals surface area contributed by atoms with E-state index >= 15 is 0 Å². The van der Waals surface area contributed by atoms with Gasteiger partial charge in [0.15, 0.2) is 0 Å². The van der Waals surface area contributed by atoms with Gasteiger partial charge in [-0.2, -0.15) is 4.37 Å². The van der Waals surface area contributed by atoms with E-state index in [9.17, 15) is 18.4 Å². The van der Waals surface area contributed by atoms with Crippen LogP contribution in [0.1, 0.15) is 62.1 Å². The Labute approximate surface area is 200 Å². The van der Waals surface area contributed by atoms with E-state index in [1.165, 1.54) is 6.92 Å². The molecule has 1 aromatic heterocycles. The molecule has 5 N–H and O–H groups in total. The number of benzene rings is 1. The molecule has 0 saturated carbocycles. The second kappa shape index (κ2) is 12.7. The van der Waals surface area contributed by atoms with Gasteiger partial charge in [-0.15, -0.1) is 0 Å². The number of hydrogen-bond acceptors (Lipinski definition) is 6. The van der Waals surface area contributed by atoms with Crippen LogP contribution in [-0.4, -0.2) is 35.4 Å². The summed E-state index contributed by atoms with van der Waals surface area (Å²) < 4.78 is 37.8. The average Bonchev–Trinajstić information content (AvgIpc) is 3.08. The van der Waals surface area contributed by atoms with Gasteiger partial charge in [0.1, 0.15) is 28.3 Å². The van der Waals surface area contributed by atoms with Crippen molar-refractivity contribution in [2.75, 3.05) is 18.4 Å². The maximum atomic E-state index is 14.2. The number of nitrogens with one attached hydrogen (secondary N) is 3. The van der Waals surface area contributed by atoms with Crippen LogP contribution in [0.2, 0.25) is 5.02 Å². The van der Waals surface area contributed by atoms with E-state index in [1.807, 2.05) is 0 Å². The van der Waals surface area contributed by atoms with E-state index in [2.05, 4.69) is 34.2 Å². The molecule has 33 heavy (non-hydrogen) atoms. The van der Waals surface area contributed by atoms with Crippen molar-refractivity contribution < 1.29 is 23.1 Å². The van der Waals surface area contributed by atoms with Gasteiger partial charge in [-0.25, -0.2) is 13.6 Å². The van der Waals surface area contributed by atoms with Gasteiger partial charge < -0.3 is 21.1 Å². The fraction of sp³-hybridized carbons (Fsp3) is 0.476. The quantitative estimate of drug-likeness (QED) is 0.315. The molecule has 0 aliphatic carbocycles. The molecule has 1 unspecified atom stereocenters. The van der Waals surface area contributed by atoms with E-state index in [1.54, 1.807) is 0 Å². The maximum absolute atomic E-state index is 14.2. The third kappa shape index (κ3) is 8.09. The van der Waals surface area contributed by atoms with Crippen molar-refractivity contribution in [2.24, 2.45) is 5.73 Å². The van der Waals surface area contributed by atoms with Crippen LogP contribution in [0.3, 0.4) is 0 Å². The molecule has 1 heterocycles. The summed E-state index contributed by atoms with van der Waals surface area (Å²) in [5, 5.41) is 8.51. The zero-order chi connectivity index (χ0) is 24.5. The number of rotatable bonds is 12. The minimum atomic E-state index is -1.14. The van der Waals surface area contributed by atoms with E-state index in [0.29, 0.717) is 12.6 Å². The van der Waals surface area contributed by atoms with Crippen LogP contribution >= 0.6 is 23.1 Å². The van der Waals surface area contributed by atoms with Gasteiger partial charge in [-0.3, -0.25) is 10.1 Å². The number of nitrogens with zero attached hydrogens (tertiary/aromatic N) is 1. The molecule has 0 saturated heterocycles. The largest absolute Gasteiger partial charge is 0.468 e. The summed E-state index contributed by atoms with van der Waals surface area (Å²) in [4.78, 5) is 24.1. The van der Waals surface area contributed by atoms with Crippen molar-refractivity contribution in [3.63, 3.8) is 0 Å². The van der Waals surface area contributed by atoms with Gasteiger partial charge in [0.05, 0.1) is 5.56 Å². The Morgan fingerprint density at radius 2 is 1.79 bits per heavy atom. The third-order valence-electron chi connectivity index (χ3n) is 4.56. The molecule has 12 heteroatoms. The Bertz CT molecular complexity index is 950. The summed E-state index contributed by atoms with van der Waals surface area (Å²) in [7, 11) is 0. The van der Waals surface area contributed by atoms with Gasteiger partial charge in [-0.05, 0) is 50.0 Å². The minimum absolute atomic E-state index is 0.0698. The van der Waals surface area contributed by atoms with Crippen LogP contribution in [0.25, 0.3) is 0 Å². The number of unbranched alkanes of at least 4 members (excludes halogenated alkanes) is 2. The first-order valence-electron chi connectivity index (χ1n) is 10.5. The standard InChI is InChI=1S/C21H28ClF2N5O3S/c1-11(2)26-7-5-4-6-8-27-21(31)28-20-17(18(25)30)19(29-33-20)32-12(3)16-14(23)9-13(22)10-15(16)24/h9-12,26H,4-8H2,1-3H3,(H2,25,30)(H2,27,28,31). The van der Waals surface area contributed by atoms with Gasteiger partial charge >= 0.3 is 6.03 Å². The second-order valence-electron chi connectivity index (χ2n) is 7.65. The third-order valence-corrected chi connectivity index (χ3v) is 5.53. The Balaban J connectivity index is 1.96. The fourth-order valence-electron chi connectivity index (χ4n) is 2.99. The van der Waals surface area contributed by atoms with Crippen molar-refractivity contribution >= 4 is 40.1 Å². The van der Waals surface area contributed by atoms with E-state index < -0.39 is 29.7 Å². The summed E-state index contributed by atoms with van der Waals surface area (Å²) in [5.74, 6) is -2.94. The predicted octanol–water partition coefficient (Wildman–Crippen LogP) is 4.60. The fourth-order valence-corrected chi connectivity index (χ4v) is 3.91. The SMILES string of the molecule is CC(C)NCCCCCNC(=O)Nc1snc(OC(C)c2c(F)cc(Cl)cc2F)c1C(N)=O. The maximum Gasteiger partial charge on any atom is 0.319 e. The molecule has 182 valence electrons. The van der Waals surface area contributed by atoms with Crippen LogP contribution in [0, 0.1) is 11.6 Å². The van der Waals surface area contributed by atoms with Crippen LogP contribution in [0.15, 0.2) is 12.1 Å². The first-order chi connectivity index (χ1) is 15.6. The molecule has 0 fully saturated rings. The second-order valence-corrected chi connectivity index (χ2v) is 8.86. The number of urea groups is 1. The Hall–Kier alpha value is -2.50. The average molecular weight is 504 g/mol. The van der Waals surface area contributed by atoms with E-state index in [0.717, 1.165) is 49.5 Å². The highest BCUT2D eigenvalue weighted by molar-refractivity contribution is 7.11. The lowest BCUT2D eigenvalue weighted by Crippen LogP contribution is -2.30. The number of carbonyl (C=O) groups is 2. The highest BCUT2D eigenvalue weighted by Crippen LogP contribution is 2.34. The lowest BCUT2D eigenvalue weighted by atomic mass is 10.1. The first kappa shape index (κ1) is 26.7. The highest BCUT2D eigenvalue weighted by Gasteiger charge is 2.26. The number of primary amides is 1. The van der Waals surface area contributed by atoms with Gasteiger partial charge in [0.25, 0.3) is 5.91 Å². The monoisotopic (exact) mass is 503 g/mol. The summed E-state index contributed by atoms with van der Waals surface area (Å²) in [6.45, 7) is 6.91. The molecule has 1 aromatic carbocycles. The van der Waals surface area contributed by atoms with Crippen LogP contribution in [-0.2, 0) is 0 Å². The zero-order valence-corrected chi connectivity index (χ0v) is 20.2. The zero-order valence-electron chi connectivity index (χ0n) is 18.6. The molecule has 8 nitrogen and oxygen atoms in total. The summed E-state index contributed by atoms with van der Waals surface area (Å²) >= 11 is 6.41. The molecular formula is C21H28ClF2N5O3S. The molecule has 0 radical (unpaired) electrons. The normalized spacial score (nSPS) is 12.0. The molecule has 3 amide bonds. The minimum Gasteiger partial charge on any atom is -0.468 e. The smallest absolute Gasteiger partial charge is 0.319 e. The molecule has 2 aromatic rings. The molecular weight excluding hydrogens is 476 g/mol. The Kier molecular flexibility index (Phi) is 10.3. The highest BCUT2D eigenvalue weighted by atomic mass is 35.5. The van der Waals surface area contributed by atoms with Crippen molar-refractivity contribution in [1.82, 2.24) is 15.0 Å². The number of ether oxygens (including phenoxy) is 1. The van der Waals surface area contributed by atoms with Gasteiger partial charge in [0, 0.05) is 17.6 Å². The Morgan fingerprint density at radius 3 is 2.39 bits per heavy atom. The summed E-state index contributed by atoms with van der Waals surface area (Å²) in [6, 6.07) is 1.81. The topological polar surface area (TPSA) is 118 Å². The number of aromatic nitrogens is 1. The van der Waals surface area contributed by atoms with E-state index in [4.69, 9.17) is 22.1 Å². The summed E-state index contributed by atoms with van der Waals surface area (Å²) in [5.41, 5.74) is 4.86. The van der Waals surface area contributed by atoms with Crippen molar-refractivity contribution in [3.05, 3.63) is 39.9 Å². The summed E-state index contributed by atoms with van der Waals surface area (Å²) in [6.07, 6.45) is 1.59. The number of carbonyl (C=O) groups excluding carboxylic acids is 2. The van der Waals surface area contributed by atoms with E-state index in [-0.39, 0.29) is 27.0 Å². The van der Waals surface area contributed by atoms with Gasteiger partial charge in [-0.1, -0.05) is 31.9 Å². The molecule has 0 aliphatic rings. The lowest BCUT2D eigenvalue weighted by molar-refractivity contribution is 0.0994. The van der Waals surface area contributed by atoms with Crippen LogP contribution in [0.5, 0.6) is 5.88 Å².